The zero-order chi connectivity index (χ0) is 21.9. The highest BCUT2D eigenvalue weighted by atomic mass is 16.3. The van der Waals surface area contributed by atoms with Crippen molar-refractivity contribution in [3.8, 4) is 0 Å². The van der Waals surface area contributed by atoms with Crippen LogP contribution in [0.15, 0.2) is 12.2 Å². The molecule has 10 atom stereocenters. The van der Waals surface area contributed by atoms with Crippen LogP contribution in [0.4, 0.5) is 0 Å². The van der Waals surface area contributed by atoms with Crippen LogP contribution in [0, 0.1) is 46.3 Å². The van der Waals surface area contributed by atoms with Gasteiger partial charge in [0.2, 0.25) is 0 Å². The second-order valence-electron chi connectivity index (χ2n) is 12.5. The molecule has 0 aromatic rings. The fourth-order valence-corrected chi connectivity index (χ4v) is 8.86. The first kappa shape index (κ1) is 22.8. The molecule has 0 amide bonds. The molecule has 0 unspecified atom stereocenters. The van der Waals surface area contributed by atoms with Gasteiger partial charge >= 0.3 is 0 Å². The Bertz CT molecular complexity index is 658. The molecule has 0 saturated heterocycles. The molecule has 4 rings (SSSR count). The van der Waals surface area contributed by atoms with Gasteiger partial charge in [-0.05, 0) is 92.3 Å². The Kier molecular flexibility index (Phi) is 5.99. The minimum atomic E-state index is -1.12. The van der Waals surface area contributed by atoms with Gasteiger partial charge in [0.1, 0.15) is 0 Å². The molecule has 4 fully saturated rings. The molecule has 0 radical (unpaired) electrons. The Hall–Kier alpha value is -0.380. The van der Waals surface area contributed by atoms with E-state index in [1.54, 1.807) is 0 Å². The topological polar surface area (TPSA) is 60.7 Å². The van der Waals surface area contributed by atoms with Gasteiger partial charge in [-0.1, -0.05) is 46.8 Å². The number of hydrogen-bond donors (Lipinski definition) is 3. The molecule has 3 heteroatoms. The summed E-state index contributed by atoms with van der Waals surface area (Å²) in [6.07, 6.45) is 12.5. The predicted molar refractivity (Wildman–Crippen MR) is 122 cm³/mol. The molecule has 0 aliphatic heterocycles. The molecular weight excluding hydrogens is 372 g/mol. The second-order valence-corrected chi connectivity index (χ2v) is 12.5. The molecule has 0 bridgehead atoms. The van der Waals surface area contributed by atoms with Crippen LogP contribution in [-0.2, 0) is 0 Å². The van der Waals surface area contributed by atoms with Crippen molar-refractivity contribution >= 4 is 0 Å². The monoisotopic (exact) mass is 418 g/mol. The van der Waals surface area contributed by atoms with Gasteiger partial charge in [-0.25, -0.2) is 0 Å². The molecular formula is C27H46O3. The van der Waals surface area contributed by atoms with Crippen LogP contribution < -0.4 is 0 Å². The van der Waals surface area contributed by atoms with Gasteiger partial charge < -0.3 is 15.3 Å². The standard InChI is InChI=1S/C27H46O3/c1-17(2)7-6-8-18(3)21-9-10-22-20-15-24(29)27(30)16-19(28)11-14-26(27,5)23(20)12-13-25(21,22)4/h6,8,17-24,28-30H,7,9-16H2,1-5H3/b8-6+/t18-,19+,20+,21-,22+,23+,24-,25-,26-,27+/m1/s1. The normalized spacial score (nSPS) is 52.2. The summed E-state index contributed by atoms with van der Waals surface area (Å²) in [6.45, 7) is 11.7. The predicted octanol–water partition coefficient (Wildman–Crippen LogP) is 5.33. The van der Waals surface area contributed by atoms with Crippen molar-refractivity contribution < 1.29 is 15.3 Å². The molecule has 3 nitrogen and oxygen atoms in total. The summed E-state index contributed by atoms with van der Waals surface area (Å²) in [6, 6.07) is 0. The zero-order valence-electron chi connectivity index (χ0n) is 20.0. The Morgan fingerprint density at radius 1 is 0.967 bits per heavy atom. The van der Waals surface area contributed by atoms with Crippen LogP contribution in [0.2, 0.25) is 0 Å². The number of rotatable bonds is 4. The summed E-state index contributed by atoms with van der Waals surface area (Å²) in [5.41, 5.74) is -1.04. The van der Waals surface area contributed by atoms with Crippen LogP contribution in [0.5, 0.6) is 0 Å². The van der Waals surface area contributed by atoms with Gasteiger partial charge in [-0.2, -0.15) is 0 Å². The van der Waals surface area contributed by atoms with Gasteiger partial charge in [0.15, 0.2) is 0 Å². The van der Waals surface area contributed by atoms with E-state index in [2.05, 4.69) is 46.8 Å². The lowest BCUT2D eigenvalue weighted by molar-refractivity contribution is -0.264. The summed E-state index contributed by atoms with van der Waals surface area (Å²) in [7, 11) is 0. The van der Waals surface area contributed by atoms with E-state index in [1.165, 1.54) is 19.3 Å². The number of hydrogen-bond acceptors (Lipinski definition) is 3. The van der Waals surface area contributed by atoms with Crippen LogP contribution in [-0.4, -0.2) is 33.1 Å². The van der Waals surface area contributed by atoms with Gasteiger partial charge in [0.05, 0.1) is 17.8 Å². The quantitative estimate of drug-likeness (QED) is 0.541. The van der Waals surface area contributed by atoms with E-state index in [-0.39, 0.29) is 5.41 Å². The van der Waals surface area contributed by atoms with E-state index in [4.69, 9.17) is 0 Å². The highest BCUT2D eigenvalue weighted by Crippen LogP contribution is 2.69. The molecule has 0 spiro atoms. The van der Waals surface area contributed by atoms with E-state index in [9.17, 15) is 15.3 Å². The molecule has 3 N–H and O–H groups in total. The largest absolute Gasteiger partial charge is 0.393 e. The van der Waals surface area contributed by atoms with Gasteiger partial charge in [0.25, 0.3) is 0 Å². The van der Waals surface area contributed by atoms with Crippen molar-refractivity contribution in [1.82, 2.24) is 0 Å². The van der Waals surface area contributed by atoms with Crippen LogP contribution in [0.25, 0.3) is 0 Å². The number of aliphatic hydroxyl groups is 3. The van der Waals surface area contributed by atoms with E-state index < -0.39 is 17.8 Å². The molecule has 4 saturated carbocycles. The van der Waals surface area contributed by atoms with Gasteiger partial charge in [-0.15, -0.1) is 0 Å². The fourth-order valence-electron chi connectivity index (χ4n) is 8.86. The van der Waals surface area contributed by atoms with Crippen molar-refractivity contribution in [2.75, 3.05) is 0 Å². The summed E-state index contributed by atoms with van der Waals surface area (Å²) >= 11 is 0. The molecule has 4 aliphatic rings. The SMILES string of the molecule is CC(C)C/C=C/[C@@H](C)[C@H]1CC[C@H]2[C@@H]3C[C@@H](O)[C@@]4(O)C[C@@H](O)CC[C@]4(C)[C@H]3CC[C@]12C. The van der Waals surface area contributed by atoms with Crippen LogP contribution in [0.3, 0.4) is 0 Å². The lowest BCUT2D eigenvalue weighted by Crippen LogP contribution is -2.68. The van der Waals surface area contributed by atoms with E-state index in [0.29, 0.717) is 47.8 Å². The average molecular weight is 419 g/mol. The maximum atomic E-state index is 11.6. The number of allylic oxidation sites excluding steroid dienone is 2. The molecule has 30 heavy (non-hydrogen) atoms. The summed E-state index contributed by atoms with van der Waals surface area (Å²) in [5.74, 6) is 3.70. The number of aliphatic hydroxyl groups excluding tert-OH is 2. The van der Waals surface area contributed by atoms with E-state index in [1.807, 2.05) is 0 Å². The van der Waals surface area contributed by atoms with Gasteiger partial charge in [0, 0.05) is 11.8 Å². The lowest BCUT2D eigenvalue weighted by atomic mass is 9.42. The second kappa shape index (κ2) is 7.89. The average Bonchev–Trinajstić information content (AvgIpc) is 3.01. The highest BCUT2D eigenvalue weighted by Gasteiger charge is 2.67. The smallest absolute Gasteiger partial charge is 0.0985 e. The Morgan fingerprint density at radius 2 is 1.70 bits per heavy atom. The Balaban J connectivity index is 1.57. The first-order valence-electron chi connectivity index (χ1n) is 12.8. The third-order valence-corrected chi connectivity index (χ3v) is 10.6. The first-order valence-corrected chi connectivity index (χ1v) is 12.8. The Labute approximate surface area is 184 Å². The third-order valence-electron chi connectivity index (χ3n) is 10.6. The minimum absolute atomic E-state index is 0.267. The molecule has 0 aromatic carbocycles. The summed E-state index contributed by atoms with van der Waals surface area (Å²) < 4.78 is 0. The van der Waals surface area contributed by atoms with Crippen molar-refractivity contribution in [1.29, 1.82) is 0 Å². The zero-order valence-corrected chi connectivity index (χ0v) is 20.0. The van der Waals surface area contributed by atoms with Crippen molar-refractivity contribution in [2.45, 2.75) is 110 Å². The molecule has 4 aliphatic carbocycles. The van der Waals surface area contributed by atoms with Crippen molar-refractivity contribution in [2.24, 2.45) is 46.3 Å². The molecule has 0 aromatic heterocycles. The summed E-state index contributed by atoms with van der Waals surface area (Å²) in [4.78, 5) is 0. The van der Waals surface area contributed by atoms with E-state index in [0.717, 1.165) is 31.6 Å². The first-order chi connectivity index (χ1) is 14.0. The Morgan fingerprint density at radius 3 is 2.40 bits per heavy atom. The van der Waals surface area contributed by atoms with Crippen LogP contribution in [0.1, 0.15) is 92.4 Å². The maximum absolute atomic E-state index is 11.6. The van der Waals surface area contributed by atoms with Crippen molar-refractivity contribution in [3.63, 3.8) is 0 Å². The third kappa shape index (κ3) is 3.33. The number of fused-ring (bicyclic) bond motifs is 5. The van der Waals surface area contributed by atoms with E-state index >= 15 is 0 Å². The molecule has 0 heterocycles. The van der Waals surface area contributed by atoms with Crippen LogP contribution >= 0.6 is 0 Å². The van der Waals surface area contributed by atoms with Crippen molar-refractivity contribution in [3.05, 3.63) is 12.2 Å². The minimum Gasteiger partial charge on any atom is -0.393 e. The lowest BCUT2D eigenvalue weighted by Gasteiger charge is -2.65. The van der Waals surface area contributed by atoms with Gasteiger partial charge in [-0.3, -0.25) is 0 Å². The summed E-state index contributed by atoms with van der Waals surface area (Å²) in [5, 5.41) is 33.0. The maximum Gasteiger partial charge on any atom is 0.0985 e. The highest BCUT2D eigenvalue weighted by molar-refractivity contribution is 5.17. The fraction of sp³-hybridized carbons (Fsp3) is 0.926. The molecule has 172 valence electrons.